The lowest BCUT2D eigenvalue weighted by Crippen LogP contribution is -2.61. The van der Waals surface area contributed by atoms with Gasteiger partial charge in [0.1, 0.15) is 30.1 Å². The molecule has 1 amide bonds. The Labute approximate surface area is 455 Å². The first-order valence-corrected chi connectivity index (χ1v) is 28.8. The molecule has 430 valence electrons. The Kier molecular flexibility index (Phi) is 26.2. The monoisotopic (exact) mass is 1070 g/mol. The van der Waals surface area contributed by atoms with Crippen molar-refractivity contribution in [2.45, 2.75) is 206 Å². The molecule has 4 fully saturated rings. The Bertz CT molecular complexity index is 1990. The molecule has 4 heterocycles. The number of piperidine rings is 1. The summed E-state index contributed by atoms with van der Waals surface area (Å²) in [6.07, 6.45) is 17.5. The summed E-state index contributed by atoms with van der Waals surface area (Å²) in [6.45, 7) is 20.4. The van der Waals surface area contributed by atoms with Crippen molar-refractivity contribution in [3.05, 3.63) is 59.8 Å². The van der Waals surface area contributed by atoms with Gasteiger partial charge in [-0.1, -0.05) is 77.7 Å². The van der Waals surface area contributed by atoms with Crippen molar-refractivity contribution in [1.82, 2.24) is 4.90 Å². The molecule has 76 heavy (non-hydrogen) atoms. The molecule has 0 aromatic rings. The molecular weight excluding hydrogens is 971 g/mol. The Balaban J connectivity index is 1.46. The number of cyclic esters (lactones) is 1. The molecule has 0 aromatic heterocycles. The maximum Gasteiger partial charge on any atom is 0.329 e. The predicted molar refractivity (Wildman–Crippen MR) is 292 cm³/mol. The highest BCUT2D eigenvalue weighted by molar-refractivity contribution is 6.39. The van der Waals surface area contributed by atoms with Gasteiger partial charge in [0.05, 0.1) is 24.4 Å². The zero-order chi connectivity index (χ0) is 55.5. The molecule has 15 heteroatoms. The average molecular weight is 1070 g/mol. The van der Waals surface area contributed by atoms with Crippen LogP contribution in [0.15, 0.2) is 59.8 Å². The first kappa shape index (κ1) is 63.5. The van der Waals surface area contributed by atoms with Crippen molar-refractivity contribution in [3.8, 4) is 0 Å². The number of carbonyl (C=O) groups excluding carboxylic acids is 4. The zero-order valence-corrected chi connectivity index (χ0v) is 47.7. The van der Waals surface area contributed by atoms with E-state index in [4.69, 9.17) is 33.2 Å². The van der Waals surface area contributed by atoms with Crippen LogP contribution >= 0.6 is 0 Å². The number of allylic oxidation sites excluding steroid dienone is 6. The topological polar surface area (TPSA) is 197 Å². The molecule has 0 spiro atoms. The predicted octanol–water partition coefficient (Wildman–Crippen LogP) is 8.76. The summed E-state index contributed by atoms with van der Waals surface area (Å²) in [5.74, 6) is -6.32. The fourth-order valence-electron chi connectivity index (χ4n) is 12.0. The second-order valence-corrected chi connectivity index (χ2v) is 23.2. The van der Waals surface area contributed by atoms with E-state index in [0.717, 1.165) is 62.9 Å². The number of esters is 1. The summed E-state index contributed by atoms with van der Waals surface area (Å²) in [5.41, 5.74) is 2.25. The minimum absolute atomic E-state index is 0.00873. The third kappa shape index (κ3) is 18.1. The fraction of sp³-hybridized carbons (Fsp3) is 0.770. The highest BCUT2D eigenvalue weighted by atomic mass is 16.6. The van der Waals surface area contributed by atoms with Crippen molar-refractivity contribution >= 4 is 23.4 Å². The number of hydrogen-bond donors (Lipinski definition) is 3. The number of ether oxygens (including phenoxy) is 7. The van der Waals surface area contributed by atoms with Crippen LogP contribution in [0.4, 0.5) is 0 Å². The lowest BCUT2D eigenvalue weighted by molar-refractivity contribution is -0.266. The van der Waals surface area contributed by atoms with E-state index in [0.29, 0.717) is 76.1 Å². The Hall–Kier alpha value is -3.38. The fourth-order valence-corrected chi connectivity index (χ4v) is 12.0. The van der Waals surface area contributed by atoms with E-state index in [1.807, 2.05) is 38.2 Å². The molecule has 2 bridgehead atoms. The zero-order valence-electron chi connectivity index (χ0n) is 47.7. The van der Waals surface area contributed by atoms with E-state index >= 15 is 0 Å². The van der Waals surface area contributed by atoms with Crippen LogP contribution in [0.1, 0.15) is 151 Å². The molecule has 4 aliphatic heterocycles. The number of methoxy groups -OCH3 is 2. The van der Waals surface area contributed by atoms with Crippen LogP contribution in [0.3, 0.4) is 0 Å². The molecule has 15 atom stereocenters. The van der Waals surface area contributed by atoms with Gasteiger partial charge in [0.15, 0.2) is 0 Å². The highest BCUT2D eigenvalue weighted by Crippen LogP contribution is 2.39. The number of rotatable bonds is 13. The summed E-state index contributed by atoms with van der Waals surface area (Å²) >= 11 is 0. The molecule has 0 radical (unpaired) electrons. The number of hydrogen-bond acceptors (Lipinski definition) is 14. The maximum absolute atomic E-state index is 14.7. The van der Waals surface area contributed by atoms with Gasteiger partial charge in [-0.15, -0.1) is 0 Å². The van der Waals surface area contributed by atoms with Gasteiger partial charge in [-0.05, 0) is 150 Å². The maximum atomic E-state index is 14.7. The van der Waals surface area contributed by atoms with Gasteiger partial charge in [0.25, 0.3) is 11.7 Å². The van der Waals surface area contributed by atoms with Crippen LogP contribution in [0.2, 0.25) is 0 Å². The smallest absolute Gasteiger partial charge is 0.329 e. The SMILES string of the molecule is C=C1[C@H](C)C[C@H](C)/C=C/C=C/C=C(\C)C(OCCC2CCOCC2)C[C@@H]2CC[C@@H](C)[C@@](O)(O2)C(=O)C(=O)N2CCCCC2C(=O)O[C@H]([C@H](C)C[C@@H]2CC[C@@H](OCCCO)[C@H](OC)C2)CC(=O)[C@H](C)/C=C(\C)[C@@H](O)[C@H]1OC. The van der Waals surface area contributed by atoms with Gasteiger partial charge >= 0.3 is 5.97 Å². The van der Waals surface area contributed by atoms with Crippen LogP contribution in [0.25, 0.3) is 0 Å². The van der Waals surface area contributed by atoms with Gasteiger partial charge in [-0.2, -0.15) is 0 Å². The number of aliphatic hydroxyl groups is 3. The first-order valence-electron chi connectivity index (χ1n) is 28.8. The molecular formula is C61H97NO14. The Morgan fingerprint density at radius 3 is 2.30 bits per heavy atom. The molecule has 3 N–H and O–H groups in total. The number of aliphatic hydroxyl groups excluding tert-OH is 2. The second kappa shape index (κ2) is 31.4. The van der Waals surface area contributed by atoms with Crippen molar-refractivity contribution in [1.29, 1.82) is 0 Å². The lowest BCUT2D eigenvalue weighted by Gasteiger charge is -2.43. The number of ketones is 2. The Morgan fingerprint density at radius 1 is 0.842 bits per heavy atom. The van der Waals surface area contributed by atoms with Crippen LogP contribution < -0.4 is 0 Å². The van der Waals surface area contributed by atoms with Crippen molar-refractivity contribution in [3.63, 3.8) is 0 Å². The van der Waals surface area contributed by atoms with E-state index in [9.17, 15) is 34.5 Å². The minimum atomic E-state index is -2.44. The van der Waals surface area contributed by atoms with Crippen molar-refractivity contribution in [2.75, 3.05) is 53.8 Å². The molecule has 5 aliphatic rings. The van der Waals surface area contributed by atoms with E-state index in [1.165, 1.54) is 4.90 Å². The average Bonchev–Trinajstić information content (AvgIpc) is 3.43. The number of fused-ring (bicyclic) bond motifs is 3. The second-order valence-electron chi connectivity index (χ2n) is 23.2. The third-order valence-electron chi connectivity index (χ3n) is 17.2. The summed E-state index contributed by atoms with van der Waals surface area (Å²) < 4.78 is 42.8. The molecule has 5 rings (SSSR count). The van der Waals surface area contributed by atoms with E-state index < -0.39 is 71.8 Å². The standard InChI is InChI=1S/C61H97NO14/c1-39-17-12-11-13-18-40(2)53(74-32-26-47-24-30-72-31-25-47)37-49-22-20-45(7)61(69,76-49)58(66)59(67)62-27-15-14-19-50(62)60(68)75-54(43(5)35-48-21-23-52(55(36-48)70-9)73-29-16-28-63)38-51(64)42(4)34-44(6)56(65)57(71-10)46(8)41(3)33-39/h11-13,17-18,34,39,41-43,45,47-50,52-57,63,65,69H,8,14-16,19-33,35-38H2,1-7,9-10H3/b13-11+,17-12+,40-18+,44-34+/t39-,41-,42-,43-,45-,48+,49+,50?,52-,53?,54+,55-,56-,57+,61-/m1/s1. The summed E-state index contributed by atoms with van der Waals surface area (Å²) in [6, 6.07) is -1.13. The van der Waals surface area contributed by atoms with Gasteiger partial charge < -0.3 is 53.4 Å². The van der Waals surface area contributed by atoms with Crippen LogP contribution in [0, 0.1) is 41.4 Å². The van der Waals surface area contributed by atoms with E-state index in [2.05, 4.69) is 26.5 Å². The van der Waals surface area contributed by atoms with Gasteiger partial charge in [-0.3, -0.25) is 14.4 Å². The molecule has 15 nitrogen and oxygen atoms in total. The quantitative estimate of drug-likeness (QED) is 0.0685. The molecule has 0 aromatic carbocycles. The highest BCUT2D eigenvalue weighted by Gasteiger charge is 2.53. The summed E-state index contributed by atoms with van der Waals surface area (Å²) in [7, 11) is 3.22. The normalized spacial score (nSPS) is 37.8. The molecule has 3 saturated heterocycles. The first-order chi connectivity index (χ1) is 36.3. The molecule has 1 saturated carbocycles. The van der Waals surface area contributed by atoms with E-state index in [1.54, 1.807) is 41.1 Å². The number of nitrogens with zero attached hydrogens (tertiary/aromatic N) is 1. The van der Waals surface area contributed by atoms with Gasteiger partial charge in [0.2, 0.25) is 5.79 Å². The van der Waals surface area contributed by atoms with E-state index in [-0.39, 0.29) is 67.7 Å². The lowest BCUT2D eigenvalue weighted by atomic mass is 9.78. The number of Topliss-reactive ketones (excluding diaryl/α,β-unsaturated/α-hetero) is 2. The van der Waals surface area contributed by atoms with Crippen molar-refractivity contribution < 1.29 is 67.7 Å². The summed E-state index contributed by atoms with van der Waals surface area (Å²) in [5, 5.41) is 33.3. The Morgan fingerprint density at radius 2 is 1.59 bits per heavy atom. The number of carbonyl (C=O) groups is 4. The summed E-state index contributed by atoms with van der Waals surface area (Å²) in [4.78, 5) is 59.4. The van der Waals surface area contributed by atoms with Crippen LogP contribution in [-0.2, 0) is 52.3 Å². The third-order valence-corrected chi connectivity index (χ3v) is 17.2. The van der Waals surface area contributed by atoms with Crippen molar-refractivity contribution in [2.24, 2.45) is 41.4 Å². The van der Waals surface area contributed by atoms with Gasteiger partial charge in [0, 0.05) is 78.5 Å². The molecule has 2 unspecified atom stereocenters. The largest absolute Gasteiger partial charge is 0.460 e. The number of amides is 1. The van der Waals surface area contributed by atoms with Crippen LogP contribution in [0.5, 0.6) is 0 Å². The minimum Gasteiger partial charge on any atom is -0.460 e. The molecule has 1 aliphatic carbocycles. The van der Waals surface area contributed by atoms with Gasteiger partial charge in [-0.25, -0.2) is 4.79 Å². The van der Waals surface area contributed by atoms with Crippen LogP contribution in [-0.4, -0.2) is 152 Å².